The number of imidazole rings is 1. The maximum Gasteiger partial charge on any atom is 0.253 e. The van der Waals surface area contributed by atoms with E-state index in [4.69, 9.17) is 4.74 Å². The summed E-state index contributed by atoms with van der Waals surface area (Å²) in [6, 6.07) is 13.6. The molecule has 4 rings (SSSR count). The second-order valence-corrected chi connectivity index (χ2v) is 6.53. The van der Waals surface area contributed by atoms with Crippen molar-refractivity contribution >= 4 is 22.6 Å². The minimum absolute atomic E-state index is 0.0759. The summed E-state index contributed by atoms with van der Waals surface area (Å²) in [6.07, 6.45) is 0. The van der Waals surface area contributed by atoms with Crippen molar-refractivity contribution in [2.45, 2.75) is 6.92 Å². The first-order valence-corrected chi connectivity index (χ1v) is 8.79. The number of nitrogens with zero attached hydrogens (tertiary/aromatic N) is 3. The summed E-state index contributed by atoms with van der Waals surface area (Å²) in [7, 11) is 1.62. The van der Waals surface area contributed by atoms with Crippen LogP contribution in [0.1, 0.15) is 16.2 Å². The third-order valence-electron chi connectivity index (χ3n) is 4.85. The molecule has 0 atom stereocenters. The van der Waals surface area contributed by atoms with Crippen molar-refractivity contribution in [1.29, 1.82) is 0 Å². The molecule has 134 valence electrons. The molecular weight excluding hydrogens is 328 g/mol. The third-order valence-corrected chi connectivity index (χ3v) is 4.85. The number of methoxy groups -OCH3 is 1. The van der Waals surface area contributed by atoms with E-state index in [-0.39, 0.29) is 5.91 Å². The van der Waals surface area contributed by atoms with Crippen molar-refractivity contribution in [3.63, 3.8) is 0 Å². The van der Waals surface area contributed by atoms with Crippen LogP contribution in [-0.4, -0.2) is 54.1 Å². The molecule has 1 aliphatic rings. The average Bonchev–Trinajstić information content (AvgIpc) is 3.07. The van der Waals surface area contributed by atoms with Gasteiger partial charge in [-0.2, -0.15) is 0 Å². The summed E-state index contributed by atoms with van der Waals surface area (Å²) in [4.78, 5) is 24.6. The van der Waals surface area contributed by atoms with Crippen LogP contribution in [0.2, 0.25) is 0 Å². The maximum atomic E-state index is 12.7. The quantitative estimate of drug-likeness (QED) is 0.789. The summed E-state index contributed by atoms with van der Waals surface area (Å²) in [5.41, 5.74) is 3.91. The van der Waals surface area contributed by atoms with Gasteiger partial charge in [-0.3, -0.25) is 4.79 Å². The Kier molecular flexibility index (Phi) is 4.24. The van der Waals surface area contributed by atoms with Crippen LogP contribution in [0.3, 0.4) is 0 Å². The lowest BCUT2D eigenvalue weighted by molar-refractivity contribution is 0.0747. The normalized spacial score (nSPS) is 14.7. The summed E-state index contributed by atoms with van der Waals surface area (Å²) in [5.74, 6) is 1.76. The van der Waals surface area contributed by atoms with Crippen LogP contribution < -0.4 is 9.64 Å². The number of piperazine rings is 1. The topological polar surface area (TPSA) is 61.5 Å². The maximum absolute atomic E-state index is 12.7. The number of fused-ring (bicyclic) bond motifs is 1. The van der Waals surface area contributed by atoms with Crippen LogP contribution in [0.5, 0.6) is 5.75 Å². The number of hydrogen-bond acceptors (Lipinski definition) is 4. The van der Waals surface area contributed by atoms with Gasteiger partial charge in [0.15, 0.2) is 0 Å². The van der Waals surface area contributed by atoms with E-state index in [2.05, 4.69) is 27.0 Å². The highest BCUT2D eigenvalue weighted by molar-refractivity contribution is 5.94. The molecule has 0 spiro atoms. The number of amides is 1. The van der Waals surface area contributed by atoms with Gasteiger partial charge >= 0.3 is 0 Å². The molecule has 2 aromatic carbocycles. The largest absolute Gasteiger partial charge is 0.497 e. The second-order valence-electron chi connectivity index (χ2n) is 6.53. The highest BCUT2D eigenvalue weighted by Crippen LogP contribution is 2.22. The Morgan fingerprint density at radius 2 is 1.81 bits per heavy atom. The predicted octanol–water partition coefficient (Wildman–Crippen LogP) is 2.84. The first kappa shape index (κ1) is 16.4. The number of carbonyl (C=O) groups is 1. The smallest absolute Gasteiger partial charge is 0.253 e. The van der Waals surface area contributed by atoms with Gasteiger partial charge in [-0.25, -0.2) is 4.98 Å². The molecule has 26 heavy (non-hydrogen) atoms. The van der Waals surface area contributed by atoms with Crippen molar-refractivity contribution in [1.82, 2.24) is 14.9 Å². The summed E-state index contributed by atoms with van der Waals surface area (Å²) in [5, 5.41) is 0. The fourth-order valence-corrected chi connectivity index (χ4v) is 3.41. The highest BCUT2D eigenvalue weighted by Gasteiger charge is 2.22. The number of anilines is 1. The lowest BCUT2D eigenvalue weighted by atomic mass is 10.1. The van der Waals surface area contributed by atoms with E-state index in [0.717, 1.165) is 41.4 Å². The number of carbonyl (C=O) groups excluding carboxylic acids is 1. The van der Waals surface area contributed by atoms with Crippen LogP contribution in [0.4, 0.5) is 5.69 Å². The number of rotatable bonds is 3. The lowest BCUT2D eigenvalue weighted by Crippen LogP contribution is -2.48. The number of nitrogens with one attached hydrogen (secondary N) is 1. The number of H-pyrrole nitrogens is 1. The van der Waals surface area contributed by atoms with Crippen molar-refractivity contribution in [3.8, 4) is 5.75 Å². The van der Waals surface area contributed by atoms with Gasteiger partial charge in [-0.15, -0.1) is 0 Å². The minimum atomic E-state index is 0.0759. The van der Waals surface area contributed by atoms with Crippen LogP contribution in [0, 0.1) is 6.92 Å². The summed E-state index contributed by atoms with van der Waals surface area (Å²) < 4.78 is 5.15. The van der Waals surface area contributed by atoms with Gasteiger partial charge in [-0.05, 0) is 49.4 Å². The molecule has 0 unspecified atom stereocenters. The molecule has 0 aliphatic carbocycles. The van der Waals surface area contributed by atoms with Crippen LogP contribution in [0.25, 0.3) is 11.0 Å². The molecule has 1 amide bonds. The minimum Gasteiger partial charge on any atom is -0.497 e. The molecule has 6 heteroatoms. The molecule has 0 saturated carbocycles. The van der Waals surface area contributed by atoms with Gasteiger partial charge in [-0.1, -0.05) is 0 Å². The molecule has 0 radical (unpaired) electrons. The molecule has 1 fully saturated rings. The van der Waals surface area contributed by atoms with E-state index in [9.17, 15) is 4.79 Å². The standard InChI is InChI=1S/C20H22N4O2/c1-14-21-18-8-5-16(13-19(18)22-14)23-9-11-24(12-10-23)20(25)15-3-6-17(26-2)7-4-15/h3-8,13H,9-12H2,1-2H3,(H,21,22). The third kappa shape index (κ3) is 3.10. The number of aromatic nitrogens is 2. The molecule has 1 saturated heterocycles. The zero-order valence-electron chi connectivity index (χ0n) is 15.0. The zero-order chi connectivity index (χ0) is 18.1. The number of aromatic amines is 1. The highest BCUT2D eigenvalue weighted by atomic mass is 16.5. The summed E-state index contributed by atoms with van der Waals surface area (Å²) >= 11 is 0. The van der Waals surface area contributed by atoms with Crippen molar-refractivity contribution in [2.75, 3.05) is 38.2 Å². The monoisotopic (exact) mass is 350 g/mol. The Bertz CT molecular complexity index is 925. The van der Waals surface area contributed by atoms with Gasteiger partial charge in [0.2, 0.25) is 0 Å². The van der Waals surface area contributed by atoms with E-state index in [1.165, 1.54) is 0 Å². The SMILES string of the molecule is COc1ccc(C(=O)N2CCN(c3ccc4nc(C)[nH]c4c3)CC2)cc1. The van der Waals surface area contributed by atoms with E-state index < -0.39 is 0 Å². The molecule has 6 nitrogen and oxygen atoms in total. The van der Waals surface area contributed by atoms with Gasteiger partial charge in [0.1, 0.15) is 11.6 Å². The Hall–Kier alpha value is -3.02. The summed E-state index contributed by atoms with van der Waals surface area (Å²) in [6.45, 7) is 5.03. The van der Waals surface area contributed by atoms with Crippen LogP contribution >= 0.6 is 0 Å². The fraction of sp³-hybridized carbons (Fsp3) is 0.300. The van der Waals surface area contributed by atoms with Gasteiger partial charge in [0.25, 0.3) is 5.91 Å². The molecule has 1 N–H and O–H groups in total. The number of hydrogen-bond donors (Lipinski definition) is 1. The number of ether oxygens (including phenoxy) is 1. The Labute approximate surface area is 152 Å². The molecule has 2 heterocycles. The van der Waals surface area contributed by atoms with E-state index in [0.29, 0.717) is 18.7 Å². The molecule has 0 bridgehead atoms. The van der Waals surface area contributed by atoms with Crippen LogP contribution in [-0.2, 0) is 0 Å². The van der Waals surface area contributed by atoms with Gasteiger partial charge < -0.3 is 19.5 Å². The van der Waals surface area contributed by atoms with Crippen molar-refractivity contribution in [2.24, 2.45) is 0 Å². The molecule has 3 aromatic rings. The van der Waals surface area contributed by atoms with Crippen molar-refractivity contribution in [3.05, 3.63) is 53.9 Å². The number of benzene rings is 2. The van der Waals surface area contributed by atoms with Crippen molar-refractivity contribution < 1.29 is 9.53 Å². The number of aryl methyl sites for hydroxylation is 1. The molecule has 1 aliphatic heterocycles. The van der Waals surface area contributed by atoms with Gasteiger partial charge in [0, 0.05) is 37.4 Å². The lowest BCUT2D eigenvalue weighted by Gasteiger charge is -2.36. The van der Waals surface area contributed by atoms with Crippen LogP contribution in [0.15, 0.2) is 42.5 Å². The Morgan fingerprint density at radius 3 is 2.50 bits per heavy atom. The predicted molar refractivity (Wildman–Crippen MR) is 102 cm³/mol. The Morgan fingerprint density at radius 1 is 1.08 bits per heavy atom. The average molecular weight is 350 g/mol. The van der Waals surface area contributed by atoms with E-state index in [1.807, 2.05) is 42.2 Å². The first-order valence-electron chi connectivity index (χ1n) is 8.79. The zero-order valence-corrected chi connectivity index (χ0v) is 15.0. The first-order chi connectivity index (χ1) is 12.6. The van der Waals surface area contributed by atoms with E-state index >= 15 is 0 Å². The fourth-order valence-electron chi connectivity index (χ4n) is 3.41. The second kappa shape index (κ2) is 6.71. The molecular formula is C20H22N4O2. The van der Waals surface area contributed by atoms with Gasteiger partial charge in [0.05, 0.1) is 18.1 Å². The van der Waals surface area contributed by atoms with E-state index in [1.54, 1.807) is 7.11 Å². The molecule has 1 aromatic heterocycles. The Balaban J connectivity index is 1.43.